The van der Waals surface area contributed by atoms with Crippen LogP contribution in [0.25, 0.3) is 17.3 Å². The highest BCUT2D eigenvalue weighted by Crippen LogP contribution is 2.32. The van der Waals surface area contributed by atoms with Crippen LogP contribution in [-0.4, -0.2) is 31.7 Å². The Morgan fingerprint density at radius 2 is 1.90 bits per heavy atom. The minimum Gasteiger partial charge on any atom is -0.478 e. The number of unbranched alkanes of at least 4 members (excludes halogenated alkanes) is 1. The lowest BCUT2D eigenvalue weighted by atomic mass is 10.1. The third-order valence-electron chi connectivity index (χ3n) is 4.89. The lowest BCUT2D eigenvalue weighted by Gasteiger charge is -2.13. The Hall–Kier alpha value is -3.19. The first-order valence-corrected chi connectivity index (χ1v) is 10.6. The molecule has 6 nitrogen and oxygen atoms in total. The van der Waals surface area contributed by atoms with Crippen molar-refractivity contribution in [2.45, 2.75) is 39.7 Å². The molecule has 0 bridgehead atoms. The molecule has 0 aliphatic rings. The molecule has 3 rings (SSSR count). The summed E-state index contributed by atoms with van der Waals surface area (Å²) in [4.78, 5) is 27.9. The molecule has 0 amide bonds. The number of hydrogen-bond donors (Lipinski definition) is 2. The molecule has 0 saturated heterocycles. The van der Waals surface area contributed by atoms with E-state index in [1.807, 2.05) is 29.8 Å². The molecule has 2 aromatic heterocycles. The van der Waals surface area contributed by atoms with Crippen LogP contribution in [0, 0.1) is 0 Å². The first-order chi connectivity index (χ1) is 14.4. The summed E-state index contributed by atoms with van der Waals surface area (Å²) in [5.41, 5.74) is 3.38. The zero-order valence-electron chi connectivity index (χ0n) is 17.0. The van der Waals surface area contributed by atoms with Crippen molar-refractivity contribution in [3.8, 4) is 11.3 Å². The van der Waals surface area contributed by atoms with Crippen LogP contribution in [0.15, 0.2) is 47.5 Å². The maximum absolute atomic E-state index is 11.3. The summed E-state index contributed by atoms with van der Waals surface area (Å²) in [7, 11) is 0. The number of hydrogen-bond acceptors (Lipinski definition) is 4. The number of aromatic nitrogens is 2. The maximum atomic E-state index is 11.3. The highest BCUT2D eigenvalue weighted by molar-refractivity contribution is 7.11. The fourth-order valence-corrected chi connectivity index (χ4v) is 4.07. The van der Waals surface area contributed by atoms with Gasteiger partial charge in [-0.05, 0) is 48.6 Å². The SMILES string of the molecule is CCCCc1ncc(-c2ccsc2C=C(C)C(=O)O)n1Cc1ccc(C(=O)O)cc1. The van der Waals surface area contributed by atoms with Crippen molar-refractivity contribution in [3.05, 3.63) is 69.3 Å². The van der Waals surface area contributed by atoms with E-state index in [9.17, 15) is 14.7 Å². The second-order valence-corrected chi connectivity index (χ2v) is 8.03. The Morgan fingerprint density at radius 1 is 1.17 bits per heavy atom. The molecule has 7 heteroatoms. The predicted octanol–water partition coefficient (Wildman–Crippen LogP) is 5.19. The van der Waals surface area contributed by atoms with Gasteiger partial charge in [0.1, 0.15) is 5.82 Å². The van der Waals surface area contributed by atoms with Crippen molar-refractivity contribution in [3.63, 3.8) is 0 Å². The minimum atomic E-state index is -0.947. The van der Waals surface area contributed by atoms with E-state index < -0.39 is 11.9 Å². The number of carbonyl (C=O) groups is 2. The average molecular weight is 425 g/mol. The van der Waals surface area contributed by atoms with Gasteiger partial charge in [0.25, 0.3) is 0 Å². The van der Waals surface area contributed by atoms with Gasteiger partial charge in [-0.25, -0.2) is 14.6 Å². The summed E-state index contributed by atoms with van der Waals surface area (Å²) in [6, 6.07) is 8.83. The van der Waals surface area contributed by atoms with Gasteiger partial charge in [-0.3, -0.25) is 0 Å². The number of carboxylic acids is 2. The number of aliphatic carboxylic acids is 1. The van der Waals surface area contributed by atoms with Crippen LogP contribution >= 0.6 is 11.3 Å². The van der Waals surface area contributed by atoms with Gasteiger partial charge in [-0.15, -0.1) is 11.3 Å². The highest BCUT2D eigenvalue weighted by Gasteiger charge is 2.16. The van der Waals surface area contributed by atoms with Gasteiger partial charge in [0.2, 0.25) is 0 Å². The molecule has 3 aromatic rings. The van der Waals surface area contributed by atoms with Crippen LogP contribution in [0.5, 0.6) is 0 Å². The minimum absolute atomic E-state index is 0.255. The van der Waals surface area contributed by atoms with Crippen LogP contribution in [0.4, 0.5) is 0 Å². The molecule has 1 aromatic carbocycles. The van der Waals surface area contributed by atoms with Crippen molar-refractivity contribution in [1.82, 2.24) is 9.55 Å². The number of imidazole rings is 1. The van der Waals surface area contributed by atoms with Crippen molar-refractivity contribution in [2.75, 3.05) is 0 Å². The monoisotopic (exact) mass is 424 g/mol. The van der Waals surface area contributed by atoms with Crippen molar-refractivity contribution < 1.29 is 19.8 Å². The van der Waals surface area contributed by atoms with Crippen LogP contribution in [0.2, 0.25) is 0 Å². The zero-order valence-corrected chi connectivity index (χ0v) is 17.8. The summed E-state index contributed by atoms with van der Waals surface area (Å²) in [6.45, 7) is 4.28. The molecule has 0 aliphatic carbocycles. The normalized spacial score (nSPS) is 11.6. The molecule has 0 unspecified atom stereocenters. The van der Waals surface area contributed by atoms with E-state index >= 15 is 0 Å². The molecule has 0 atom stereocenters. The Bertz CT molecular complexity index is 1080. The van der Waals surface area contributed by atoms with Gasteiger partial charge in [0.15, 0.2) is 0 Å². The summed E-state index contributed by atoms with van der Waals surface area (Å²) < 4.78 is 2.14. The predicted molar refractivity (Wildman–Crippen MR) is 118 cm³/mol. The fraction of sp³-hybridized carbons (Fsp3) is 0.261. The van der Waals surface area contributed by atoms with Crippen LogP contribution in [0.3, 0.4) is 0 Å². The molecule has 0 radical (unpaired) electrons. The Balaban J connectivity index is 2.01. The number of nitrogens with zero attached hydrogens (tertiary/aromatic N) is 2. The summed E-state index contributed by atoms with van der Waals surface area (Å²) >= 11 is 1.49. The van der Waals surface area contributed by atoms with E-state index in [4.69, 9.17) is 5.11 Å². The van der Waals surface area contributed by atoms with Gasteiger partial charge in [0.05, 0.1) is 17.5 Å². The van der Waals surface area contributed by atoms with E-state index in [1.54, 1.807) is 25.1 Å². The number of benzene rings is 1. The maximum Gasteiger partial charge on any atom is 0.335 e. The van der Waals surface area contributed by atoms with E-state index in [0.29, 0.717) is 6.54 Å². The Morgan fingerprint density at radius 3 is 2.53 bits per heavy atom. The van der Waals surface area contributed by atoms with Crippen molar-refractivity contribution in [2.24, 2.45) is 0 Å². The van der Waals surface area contributed by atoms with E-state index in [1.165, 1.54) is 11.3 Å². The molecule has 2 heterocycles. The molecule has 156 valence electrons. The molecule has 0 spiro atoms. The second-order valence-electron chi connectivity index (χ2n) is 7.08. The van der Waals surface area contributed by atoms with Crippen LogP contribution in [-0.2, 0) is 17.8 Å². The van der Waals surface area contributed by atoms with Gasteiger partial charge in [-0.2, -0.15) is 0 Å². The molecule has 0 aliphatic heterocycles. The Kier molecular flexibility index (Phi) is 6.84. The molecule has 30 heavy (non-hydrogen) atoms. The quantitative estimate of drug-likeness (QED) is 0.461. The smallest absolute Gasteiger partial charge is 0.335 e. The third kappa shape index (κ3) is 4.86. The van der Waals surface area contributed by atoms with Gasteiger partial charge in [0, 0.05) is 29.0 Å². The lowest BCUT2D eigenvalue weighted by Crippen LogP contribution is -2.08. The first kappa shape index (κ1) is 21.5. The largest absolute Gasteiger partial charge is 0.478 e. The molecule has 0 fully saturated rings. The van der Waals surface area contributed by atoms with Crippen molar-refractivity contribution in [1.29, 1.82) is 0 Å². The van der Waals surface area contributed by atoms with Crippen LogP contribution in [0.1, 0.15) is 53.3 Å². The number of carboxylic acid groups (broad SMARTS) is 2. The molecular weight excluding hydrogens is 400 g/mol. The van der Waals surface area contributed by atoms with E-state index in [-0.39, 0.29) is 11.1 Å². The Labute approximate surface area is 179 Å². The number of thiophene rings is 1. The summed E-state index contributed by atoms with van der Waals surface area (Å²) in [5.74, 6) is -0.924. The van der Waals surface area contributed by atoms with Crippen LogP contribution < -0.4 is 0 Å². The van der Waals surface area contributed by atoms with Crippen molar-refractivity contribution >= 4 is 29.4 Å². The summed E-state index contributed by atoms with van der Waals surface area (Å²) in [6.07, 6.45) is 6.44. The zero-order chi connectivity index (χ0) is 21.7. The van der Waals surface area contributed by atoms with E-state index in [2.05, 4.69) is 16.5 Å². The molecule has 0 saturated carbocycles. The molecule has 2 N–H and O–H groups in total. The van der Waals surface area contributed by atoms with Gasteiger partial charge >= 0.3 is 11.9 Å². The second kappa shape index (κ2) is 9.54. The van der Waals surface area contributed by atoms with E-state index in [0.717, 1.165) is 46.8 Å². The average Bonchev–Trinajstić information content (AvgIpc) is 3.33. The number of aromatic carboxylic acids is 1. The fourth-order valence-electron chi connectivity index (χ4n) is 3.18. The molecular formula is C23H24N2O4S. The van der Waals surface area contributed by atoms with Gasteiger partial charge < -0.3 is 14.8 Å². The topological polar surface area (TPSA) is 92.4 Å². The highest BCUT2D eigenvalue weighted by atomic mass is 32.1. The summed E-state index contributed by atoms with van der Waals surface area (Å²) in [5, 5.41) is 20.3. The third-order valence-corrected chi connectivity index (χ3v) is 5.75. The number of rotatable bonds is 9. The standard InChI is InChI=1S/C23H24N2O4S/c1-3-4-5-21-24-13-19(18-10-11-30-20(18)12-15(2)22(26)27)25(21)14-16-6-8-17(9-7-16)23(28)29/h6-13H,3-5,14H2,1-2H3,(H,26,27)(H,28,29). The number of aryl methyl sites for hydroxylation is 1. The van der Waals surface area contributed by atoms with Gasteiger partial charge in [-0.1, -0.05) is 25.5 Å². The first-order valence-electron chi connectivity index (χ1n) is 9.76. The lowest BCUT2D eigenvalue weighted by molar-refractivity contribution is -0.132.